The maximum Gasteiger partial charge on any atom is 0.134 e. The van der Waals surface area contributed by atoms with Crippen LogP contribution in [0.2, 0.25) is 0 Å². The Morgan fingerprint density at radius 2 is 1.90 bits per heavy atom. The molecule has 1 atom stereocenters. The number of hydrogen-bond acceptors (Lipinski definition) is 4. The molecular weight excluding hydrogens is 280 g/mol. The van der Waals surface area contributed by atoms with E-state index in [2.05, 4.69) is 22.4 Å². The predicted molar refractivity (Wildman–Crippen MR) is 75.8 cm³/mol. The summed E-state index contributed by atoms with van der Waals surface area (Å²) in [6.07, 6.45) is 1.04. The van der Waals surface area contributed by atoms with Crippen molar-refractivity contribution in [1.29, 1.82) is 0 Å². The lowest BCUT2D eigenvalue weighted by molar-refractivity contribution is 0.530. The Hall–Kier alpha value is -1.40. The fourth-order valence-corrected chi connectivity index (χ4v) is 3.00. The fraction of sp³-hybridized carbons (Fsp3) is 0.429. The second-order valence-electron chi connectivity index (χ2n) is 4.43. The molecule has 108 valence electrons. The van der Waals surface area contributed by atoms with Crippen LogP contribution < -0.4 is 5.32 Å². The van der Waals surface area contributed by atoms with E-state index in [1.54, 1.807) is 0 Å². The van der Waals surface area contributed by atoms with Crippen LogP contribution in [0.4, 0.5) is 8.78 Å². The van der Waals surface area contributed by atoms with Gasteiger partial charge in [-0.05, 0) is 25.1 Å². The molecule has 0 radical (unpaired) electrons. The van der Waals surface area contributed by atoms with Crippen molar-refractivity contribution >= 4 is 11.3 Å². The lowest BCUT2D eigenvalue weighted by Gasteiger charge is -2.11. The van der Waals surface area contributed by atoms with E-state index in [9.17, 15) is 8.78 Å². The Labute approximate surface area is 121 Å². The van der Waals surface area contributed by atoms with Gasteiger partial charge in [0.1, 0.15) is 21.6 Å². The Balaban J connectivity index is 2.17. The highest BCUT2D eigenvalue weighted by Crippen LogP contribution is 2.24. The van der Waals surface area contributed by atoms with Gasteiger partial charge >= 0.3 is 0 Å². The van der Waals surface area contributed by atoms with E-state index in [1.165, 1.54) is 29.5 Å². The first-order chi connectivity index (χ1) is 9.65. The Morgan fingerprint density at radius 1 is 1.20 bits per heavy atom. The largest absolute Gasteiger partial charge is 0.308 e. The lowest BCUT2D eigenvalue weighted by atomic mass is 10.1. The second-order valence-corrected chi connectivity index (χ2v) is 5.52. The van der Waals surface area contributed by atoms with Crippen LogP contribution in [0.5, 0.6) is 0 Å². The van der Waals surface area contributed by atoms with Gasteiger partial charge in [0.05, 0.1) is 6.04 Å². The molecular formula is C14H17F2N3S. The minimum Gasteiger partial charge on any atom is -0.308 e. The fourth-order valence-electron chi connectivity index (χ4n) is 1.98. The maximum absolute atomic E-state index is 13.6. The number of rotatable bonds is 6. The molecule has 1 unspecified atom stereocenters. The normalized spacial score (nSPS) is 12.6. The molecule has 1 aromatic carbocycles. The molecule has 0 aliphatic rings. The molecule has 0 aliphatic carbocycles. The summed E-state index contributed by atoms with van der Waals surface area (Å²) in [5.74, 6) is -1.08. The van der Waals surface area contributed by atoms with Crippen molar-refractivity contribution in [2.24, 2.45) is 0 Å². The molecule has 1 aromatic heterocycles. The van der Waals surface area contributed by atoms with Gasteiger partial charge in [0, 0.05) is 12.0 Å². The van der Waals surface area contributed by atoms with Crippen LogP contribution in [0.3, 0.4) is 0 Å². The van der Waals surface area contributed by atoms with Gasteiger partial charge in [-0.25, -0.2) is 8.78 Å². The SMILES string of the molecule is CCNC(CC)c1nnc(Cc2c(F)cccc2F)s1. The highest BCUT2D eigenvalue weighted by molar-refractivity contribution is 7.11. The van der Waals surface area contributed by atoms with Crippen molar-refractivity contribution < 1.29 is 8.78 Å². The number of nitrogens with one attached hydrogen (secondary N) is 1. The highest BCUT2D eigenvalue weighted by atomic mass is 32.1. The van der Waals surface area contributed by atoms with Gasteiger partial charge in [-0.15, -0.1) is 10.2 Å². The van der Waals surface area contributed by atoms with E-state index in [-0.39, 0.29) is 18.0 Å². The van der Waals surface area contributed by atoms with E-state index < -0.39 is 11.6 Å². The van der Waals surface area contributed by atoms with E-state index in [1.807, 2.05) is 6.92 Å². The number of halogens is 2. The van der Waals surface area contributed by atoms with Crippen molar-refractivity contribution in [3.05, 3.63) is 45.4 Å². The van der Waals surface area contributed by atoms with Gasteiger partial charge in [0.15, 0.2) is 0 Å². The zero-order valence-electron chi connectivity index (χ0n) is 11.5. The van der Waals surface area contributed by atoms with Crippen LogP contribution in [-0.2, 0) is 6.42 Å². The highest BCUT2D eigenvalue weighted by Gasteiger charge is 2.16. The molecule has 2 rings (SSSR count). The van der Waals surface area contributed by atoms with Crippen molar-refractivity contribution in [3.63, 3.8) is 0 Å². The first-order valence-corrected chi connectivity index (χ1v) is 7.45. The van der Waals surface area contributed by atoms with Crippen LogP contribution in [0.15, 0.2) is 18.2 Å². The maximum atomic E-state index is 13.6. The molecule has 3 nitrogen and oxygen atoms in total. The number of nitrogens with zero attached hydrogens (tertiary/aromatic N) is 2. The van der Waals surface area contributed by atoms with E-state index in [0.717, 1.165) is 18.0 Å². The van der Waals surface area contributed by atoms with Crippen molar-refractivity contribution in [1.82, 2.24) is 15.5 Å². The topological polar surface area (TPSA) is 37.8 Å². The molecule has 0 spiro atoms. The van der Waals surface area contributed by atoms with Crippen LogP contribution >= 0.6 is 11.3 Å². The third-order valence-corrected chi connectivity index (χ3v) is 4.07. The van der Waals surface area contributed by atoms with Crippen LogP contribution in [0.1, 0.15) is 41.9 Å². The van der Waals surface area contributed by atoms with Crippen molar-refractivity contribution in [3.8, 4) is 0 Å². The molecule has 0 aliphatic heterocycles. The molecule has 0 fully saturated rings. The molecule has 0 saturated heterocycles. The molecule has 1 heterocycles. The smallest absolute Gasteiger partial charge is 0.134 e. The Morgan fingerprint density at radius 3 is 2.50 bits per heavy atom. The van der Waals surface area contributed by atoms with Crippen molar-refractivity contribution in [2.45, 2.75) is 32.7 Å². The summed E-state index contributed by atoms with van der Waals surface area (Å²) in [6, 6.07) is 4.02. The summed E-state index contributed by atoms with van der Waals surface area (Å²) < 4.78 is 27.2. The van der Waals surface area contributed by atoms with Crippen LogP contribution in [-0.4, -0.2) is 16.7 Å². The lowest BCUT2D eigenvalue weighted by Crippen LogP contribution is -2.19. The van der Waals surface area contributed by atoms with Crippen LogP contribution in [0.25, 0.3) is 0 Å². The minimum atomic E-state index is -0.541. The monoisotopic (exact) mass is 297 g/mol. The average molecular weight is 297 g/mol. The molecule has 2 aromatic rings. The third kappa shape index (κ3) is 3.37. The molecule has 1 N–H and O–H groups in total. The average Bonchev–Trinajstić information content (AvgIpc) is 2.89. The zero-order chi connectivity index (χ0) is 14.5. The first kappa shape index (κ1) is 15.0. The number of benzene rings is 1. The van der Waals surface area contributed by atoms with E-state index in [0.29, 0.717) is 5.01 Å². The summed E-state index contributed by atoms with van der Waals surface area (Å²) in [5.41, 5.74) is 0.0479. The third-order valence-electron chi connectivity index (χ3n) is 3.03. The Kier molecular flexibility index (Phi) is 5.14. The molecule has 20 heavy (non-hydrogen) atoms. The Bertz CT molecular complexity index is 551. The first-order valence-electron chi connectivity index (χ1n) is 6.64. The van der Waals surface area contributed by atoms with Gasteiger partial charge in [-0.2, -0.15) is 0 Å². The standard InChI is InChI=1S/C14H17F2N3S/c1-3-12(17-4-2)14-19-18-13(20-14)8-9-10(15)6-5-7-11(9)16/h5-7,12,17H,3-4,8H2,1-2H3. The zero-order valence-corrected chi connectivity index (χ0v) is 12.3. The van der Waals surface area contributed by atoms with Gasteiger partial charge in [-0.3, -0.25) is 0 Å². The van der Waals surface area contributed by atoms with Crippen LogP contribution in [0, 0.1) is 11.6 Å². The summed E-state index contributed by atoms with van der Waals surface area (Å²) in [4.78, 5) is 0. The molecule has 6 heteroatoms. The second kappa shape index (κ2) is 6.85. The number of aromatic nitrogens is 2. The quantitative estimate of drug-likeness (QED) is 0.887. The van der Waals surface area contributed by atoms with Gasteiger partial charge < -0.3 is 5.32 Å². The van der Waals surface area contributed by atoms with Crippen molar-refractivity contribution in [2.75, 3.05) is 6.54 Å². The summed E-state index contributed by atoms with van der Waals surface area (Å²) in [5, 5.41) is 13.0. The molecule has 0 bridgehead atoms. The summed E-state index contributed by atoms with van der Waals surface area (Å²) in [6.45, 7) is 4.93. The minimum absolute atomic E-state index is 0.0479. The van der Waals surface area contributed by atoms with E-state index >= 15 is 0 Å². The molecule has 0 saturated carbocycles. The predicted octanol–water partition coefficient (Wildman–Crippen LogP) is 3.47. The number of hydrogen-bond donors (Lipinski definition) is 1. The molecule has 0 amide bonds. The van der Waals surface area contributed by atoms with E-state index in [4.69, 9.17) is 0 Å². The summed E-state index contributed by atoms with van der Waals surface area (Å²) in [7, 11) is 0. The van der Waals surface area contributed by atoms with Gasteiger partial charge in [-0.1, -0.05) is 31.3 Å². The van der Waals surface area contributed by atoms with Gasteiger partial charge in [0.2, 0.25) is 0 Å². The van der Waals surface area contributed by atoms with Gasteiger partial charge in [0.25, 0.3) is 0 Å². The summed E-state index contributed by atoms with van der Waals surface area (Å²) >= 11 is 1.40.